The Kier molecular flexibility index (Phi) is 3.34. The van der Waals surface area contributed by atoms with E-state index in [1.807, 2.05) is 42.5 Å². The molecule has 0 atom stereocenters. The van der Waals surface area contributed by atoms with Gasteiger partial charge in [0.05, 0.1) is 0 Å². The van der Waals surface area contributed by atoms with Crippen molar-refractivity contribution >= 4 is 5.82 Å². The largest absolute Gasteiger partial charge is 0.308 e. The van der Waals surface area contributed by atoms with Crippen molar-refractivity contribution in [1.82, 2.24) is 15.0 Å². The number of pyridine rings is 1. The highest BCUT2D eigenvalue weighted by atomic mass is 15.3. The minimum Gasteiger partial charge on any atom is -0.308 e. The average molecular weight is 263 g/mol. The summed E-state index contributed by atoms with van der Waals surface area (Å²) in [6.07, 6.45) is 5.20. The van der Waals surface area contributed by atoms with Crippen LogP contribution in [0.25, 0.3) is 22.5 Å². The van der Waals surface area contributed by atoms with Crippen LogP contribution in [-0.2, 0) is 0 Å². The van der Waals surface area contributed by atoms with E-state index in [9.17, 15) is 0 Å². The molecule has 3 aromatic rings. The third-order valence-electron chi connectivity index (χ3n) is 2.93. The number of rotatable bonds is 3. The van der Waals surface area contributed by atoms with Gasteiger partial charge in [-0.05, 0) is 17.7 Å². The second-order valence-electron chi connectivity index (χ2n) is 4.21. The lowest BCUT2D eigenvalue weighted by atomic mass is 10.1. The van der Waals surface area contributed by atoms with E-state index in [-0.39, 0.29) is 0 Å². The zero-order valence-corrected chi connectivity index (χ0v) is 10.7. The van der Waals surface area contributed by atoms with Crippen LogP contribution < -0.4 is 11.3 Å². The van der Waals surface area contributed by atoms with Gasteiger partial charge in [0.25, 0.3) is 0 Å². The number of hydrogen-bond acceptors (Lipinski definition) is 5. The fraction of sp³-hybridized carbons (Fsp3) is 0. The Morgan fingerprint density at radius 1 is 0.900 bits per heavy atom. The molecule has 5 heteroatoms. The average Bonchev–Trinajstić information content (AvgIpc) is 2.56. The summed E-state index contributed by atoms with van der Waals surface area (Å²) in [5.74, 6) is 6.76. The van der Waals surface area contributed by atoms with Gasteiger partial charge in [-0.3, -0.25) is 4.98 Å². The van der Waals surface area contributed by atoms with Crippen LogP contribution in [0.1, 0.15) is 0 Å². The van der Waals surface area contributed by atoms with Crippen molar-refractivity contribution in [3.05, 3.63) is 61.1 Å². The molecule has 20 heavy (non-hydrogen) atoms. The Hall–Kier alpha value is -2.79. The van der Waals surface area contributed by atoms with E-state index in [1.54, 1.807) is 18.6 Å². The van der Waals surface area contributed by atoms with Crippen molar-refractivity contribution in [1.29, 1.82) is 0 Å². The molecule has 0 saturated carbocycles. The van der Waals surface area contributed by atoms with Crippen molar-refractivity contribution in [3.8, 4) is 22.5 Å². The third kappa shape index (κ3) is 2.34. The summed E-state index contributed by atoms with van der Waals surface area (Å²) in [5.41, 5.74) is 5.36. The van der Waals surface area contributed by atoms with Crippen LogP contribution in [0.3, 0.4) is 0 Å². The Morgan fingerprint density at radius 3 is 2.40 bits per heavy atom. The van der Waals surface area contributed by atoms with Gasteiger partial charge >= 0.3 is 0 Å². The number of anilines is 1. The Bertz CT molecular complexity index is 698. The molecule has 0 aliphatic carbocycles. The van der Waals surface area contributed by atoms with Gasteiger partial charge in [-0.15, -0.1) is 0 Å². The highest BCUT2D eigenvalue weighted by Gasteiger charge is 2.09. The van der Waals surface area contributed by atoms with Crippen LogP contribution in [0.2, 0.25) is 0 Å². The number of hydrazine groups is 1. The molecule has 0 amide bonds. The highest BCUT2D eigenvalue weighted by molar-refractivity contribution is 5.75. The lowest BCUT2D eigenvalue weighted by Gasteiger charge is -2.09. The lowest BCUT2D eigenvalue weighted by molar-refractivity contribution is 1.14. The van der Waals surface area contributed by atoms with Gasteiger partial charge in [-0.1, -0.05) is 30.3 Å². The van der Waals surface area contributed by atoms with Gasteiger partial charge in [-0.25, -0.2) is 15.8 Å². The van der Waals surface area contributed by atoms with Crippen LogP contribution in [0, 0.1) is 0 Å². The van der Waals surface area contributed by atoms with Gasteiger partial charge in [0.2, 0.25) is 0 Å². The molecular weight excluding hydrogens is 250 g/mol. The van der Waals surface area contributed by atoms with Crippen molar-refractivity contribution < 1.29 is 0 Å². The summed E-state index contributed by atoms with van der Waals surface area (Å²) in [5, 5.41) is 0. The molecule has 3 rings (SSSR count). The summed E-state index contributed by atoms with van der Waals surface area (Å²) in [7, 11) is 0. The van der Waals surface area contributed by atoms with Gasteiger partial charge in [0.1, 0.15) is 0 Å². The molecule has 0 spiro atoms. The molecule has 0 fully saturated rings. The Morgan fingerprint density at radius 2 is 1.70 bits per heavy atom. The zero-order valence-electron chi connectivity index (χ0n) is 10.7. The second-order valence-corrected chi connectivity index (χ2v) is 4.21. The number of nitrogens with two attached hydrogens (primary N) is 1. The molecule has 0 unspecified atom stereocenters. The first-order valence-corrected chi connectivity index (χ1v) is 6.18. The maximum atomic E-state index is 5.58. The summed E-state index contributed by atoms with van der Waals surface area (Å²) >= 11 is 0. The van der Waals surface area contributed by atoms with E-state index in [0.717, 1.165) is 16.7 Å². The number of nitrogens with one attached hydrogen (secondary N) is 1. The first-order valence-electron chi connectivity index (χ1n) is 6.18. The zero-order chi connectivity index (χ0) is 13.8. The van der Waals surface area contributed by atoms with Gasteiger partial charge < -0.3 is 5.43 Å². The van der Waals surface area contributed by atoms with E-state index in [0.29, 0.717) is 11.6 Å². The number of aromatic nitrogens is 3. The summed E-state index contributed by atoms with van der Waals surface area (Å²) < 4.78 is 0. The van der Waals surface area contributed by atoms with Crippen molar-refractivity contribution in [2.24, 2.45) is 5.84 Å². The van der Waals surface area contributed by atoms with Crippen molar-refractivity contribution in [2.75, 3.05) is 5.43 Å². The van der Waals surface area contributed by atoms with E-state index in [2.05, 4.69) is 20.4 Å². The fourth-order valence-corrected chi connectivity index (χ4v) is 1.95. The molecule has 0 aliphatic heterocycles. The lowest BCUT2D eigenvalue weighted by Crippen LogP contribution is -2.11. The maximum absolute atomic E-state index is 5.58. The molecule has 0 bridgehead atoms. The van der Waals surface area contributed by atoms with Gasteiger partial charge in [-0.2, -0.15) is 0 Å². The summed E-state index contributed by atoms with van der Waals surface area (Å²) in [6, 6.07) is 13.6. The Balaban J connectivity index is 2.07. The fourth-order valence-electron chi connectivity index (χ4n) is 1.95. The molecule has 0 saturated heterocycles. The number of nitrogen functional groups attached to an aromatic ring is 1. The standard InChI is InChI=1S/C15H13N5/c16-20-15-13(11-5-2-1-3-6-11)10-18-14(19-15)12-7-4-8-17-9-12/h1-10H,16H2,(H,18,19,20). The highest BCUT2D eigenvalue weighted by Crippen LogP contribution is 2.26. The molecule has 5 nitrogen and oxygen atoms in total. The van der Waals surface area contributed by atoms with Crippen LogP contribution in [0.4, 0.5) is 5.82 Å². The van der Waals surface area contributed by atoms with Crippen LogP contribution in [0.5, 0.6) is 0 Å². The molecule has 2 heterocycles. The smallest absolute Gasteiger partial charge is 0.163 e. The molecule has 1 aromatic carbocycles. The molecule has 98 valence electrons. The van der Waals surface area contributed by atoms with Crippen molar-refractivity contribution in [3.63, 3.8) is 0 Å². The van der Waals surface area contributed by atoms with Crippen LogP contribution >= 0.6 is 0 Å². The minimum atomic E-state index is 0.588. The monoisotopic (exact) mass is 263 g/mol. The second kappa shape index (κ2) is 5.46. The summed E-state index contributed by atoms with van der Waals surface area (Å²) in [4.78, 5) is 12.9. The van der Waals surface area contributed by atoms with Crippen LogP contribution in [0.15, 0.2) is 61.1 Å². The molecular formula is C15H13N5. The maximum Gasteiger partial charge on any atom is 0.163 e. The van der Waals surface area contributed by atoms with E-state index in [4.69, 9.17) is 5.84 Å². The quantitative estimate of drug-likeness (QED) is 0.561. The van der Waals surface area contributed by atoms with Crippen LogP contribution in [-0.4, -0.2) is 15.0 Å². The number of hydrogen-bond donors (Lipinski definition) is 2. The molecule has 3 N–H and O–H groups in total. The number of benzene rings is 1. The third-order valence-corrected chi connectivity index (χ3v) is 2.93. The first-order chi connectivity index (χ1) is 9.88. The molecule has 2 aromatic heterocycles. The minimum absolute atomic E-state index is 0.588. The van der Waals surface area contributed by atoms with Crippen molar-refractivity contribution in [2.45, 2.75) is 0 Å². The van der Waals surface area contributed by atoms with Gasteiger partial charge in [0, 0.05) is 29.7 Å². The summed E-state index contributed by atoms with van der Waals surface area (Å²) in [6.45, 7) is 0. The number of nitrogens with zero attached hydrogens (tertiary/aromatic N) is 3. The normalized spacial score (nSPS) is 10.2. The molecule has 0 aliphatic rings. The van der Waals surface area contributed by atoms with Gasteiger partial charge in [0.15, 0.2) is 11.6 Å². The molecule has 0 radical (unpaired) electrons. The first kappa shape index (κ1) is 12.3. The Labute approximate surface area is 116 Å². The van der Waals surface area contributed by atoms with E-state index < -0.39 is 0 Å². The van der Waals surface area contributed by atoms with E-state index in [1.165, 1.54) is 0 Å². The topological polar surface area (TPSA) is 76.7 Å². The SMILES string of the molecule is NNc1nc(-c2cccnc2)ncc1-c1ccccc1. The predicted octanol–water partition coefficient (Wildman–Crippen LogP) is 2.49. The predicted molar refractivity (Wildman–Crippen MR) is 78.5 cm³/mol. The van der Waals surface area contributed by atoms with E-state index >= 15 is 0 Å².